The molecule has 0 saturated heterocycles. The average molecular weight is 1810 g/mol. The third-order valence-electron chi connectivity index (χ3n) is 16.4. The SMILES string of the molecule is C=C(C)C(=O)OC1CCCC1C(S(=O)(=O)C(F)(F)F)S(=O)(=O)C(F)(F)F.C=C(C)C(=O)OC1CCCCC1C(S(=O)(=O)C(F)(F)F)S(=O)(=O)C(F)(F)F.C=C(C)C(=O)OC1CCCCCC1C(S(=O)(=O)C(F)(F)F)S(=O)(=O)C(F)(F)F.C=C(C)C(=O)OC1CCCCCCC1C(S(=O)(=O)C(F)(F)F)S(=O)(=O)C(F)(F)F. The molecule has 0 aromatic heterocycles. The Hall–Kier alpha value is -5.24. The van der Waals surface area contributed by atoms with Gasteiger partial charge in [0.15, 0.2) is 18.3 Å². The van der Waals surface area contributed by atoms with E-state index < -0.39 is 239 Å². The summed E-state index contributed by atoms with van der Waals surface area (Å²) >= 11 is 0. The molecule has 0 heterocycles. The van der Waals surface area contributed by atoms with Crippen LogP contribution in [0.5, 0.6) is 0 Å². The molecule has 8 unspecified atom stereocenters. The topological polar surface area (TPSA) is 378 Å². The number of carbonyl (C=O) groups excluding carboxylic acids is 4. The van der Waals surface area contributed by atoms with Crippen LogP contribution >= 0.6 is 0 Å². The minimum Gasteiger partial charge on any atom is -0.459 e. The normalized spacial score (nSPS) is 22.5. The van der Waals surface area contributed by atoms with E-state index in [0.717, 1.165) is 27.7 Å². The first kappa shape index (κ1) is 103. The highest BCUT2D eigenvalue weighted by Crippen LogP contribution is 2.50. The molecule has 0 N–H and O–H groups in total. The first-order valence-corrected chi connectivity index (χ1v) is 43.0. The molecule has 110 heavy (non-hydrogen) atoms. The summed E-state index contributed by atoms with van der Waals surface area (Å²) in [5, 5.41) is 0. The van der Waals surface area contributed by atoms with Crippen molar-refractivity contribution in [2.75, 3.05) is 0 Å². The lowest BCUT2D eigenvalue weighted by atomic mass is 9.87. The Labute approximate surface area is 612 Å². The van der Waals surface area contributed by atoms with E-state index in [9.17, 15) is 192 Å². The van der Waals surface area contributed by atoms with E-state index in [4.69, 9.17) is 14.2 Å². The lowest BCUT2D eigenvalue weighted by molar-refractivity contribution is -0.149. The number of halogens is 24. The summed E-state index contributed by atoms with van der Waals surface area (Å²) in [6.45, 7) is 17.4. The van der Waals surface area contributed by atoms with E-state index in [1.165, 1.54) is 0 Å². The Morgan fingerprint density at radius 2 is 0.355 bits per heavy atom. The minimum atomic E-state index is -6.82. The number of hydrogen-bond donors (Lipinski definition) is 0. The summed E-state index contributed by atoms with van der Waals surface area (Å²) in [5.41, 5.74) is -51.0. The van der Waals surface area contributed by atoms with Crippen molar-refractivity contribution in [3.8, 4) is 0 Å². The van der Waals surface area contributed by atoms with E-state index in [-0.39, 0.29) is 99.3 Å². The van der Waals surface area contributed by atoms with Gasteiger partial charge in [0.05, 0.1) is 0 Å². The molecule has 0 aromatic rings. The van der Waals surface area contributed by atoms with Crippen LogP contribution in [0, 0.1) is 23.7 Å². The number of hydrogen-bond acceptors (Lipinski definition) is 24. The van der Waals surface area contributed by atoms with E-state index in [1.54, 1.807) is 0 Å². The van der Waals surface area contributed by atoms with Gasteiger partial charge in [-0.2, -0.15) is 105 Å². The third kappa shape index (κ3) is 24.4. The van der Waals surface area contributed by atoms with Crippen molar-refractivity contribution in [1.82, 2.24) is 0 Å². The van der Waals surface area contributed by atoms with Gasteiger partial charge in [-0.05, 0) is 105 Å². The number of sulfone groups is 8. The molecule has 0 spiro atoms. The number of rotatable bonds is 20. The van der Waals surface area contributed by atoms with Gasteiger partial charge in [0, 0.05) is 46.0 Å². The van der Waals surface area contributed by atoms with Gasteiger partial charge >= 0.3 is 67.9 Å². The van der Waals surface area contributed by atoms with Crippen LogP contribution < -0.4 is 0 Å². The van der Waals surface area contributed by atoms with Crippen LogP contribution in [-0.2, 0) is 117 Å². The van der Waals surface area contributed by atoms with Crippen molar-refractivity contribution in [3.05, 3.63) is 48.6 Å². The molecule has 4 saturated carbocycles. The molecule has 0 radical (unpaired) electrons. The second-order valence-electron chi connectivity index (χ2n) is 24.8. The molecule has 0 aromatic carbocycles. The molecule has 4 aliphatic rings. The number of carbonyl (C=O) groups is 4. The molecular formula is C54H68F24O24S8. The van der Waals surface area contributed by atoms with Crippen molar-refractivity contribution in [1.29, 1.82) is 0 Å². The van der Waals surface area contributed by atoms with Crippen LogP contribution in [0.2, 0.25) is 0 Å². The number of ether oxygens (including phenoxy) is 4. The van der Waals surface area contributed by atoms with E-state index >= 15 is 0 Å². The molecule has 0 aliphatic heterocycles. The zero-order chi connectivity index (χ0) is 87.1. The molecule has 56 heteroatoms. The highest BCUT2D eigenvalue weighted by atomic mass is 32.3. The fourth-order valence-electron chi connectivity index (χ4n) is 11.2. The van der Waals surface area contributed by atoms with Crippen LogP contribution in [0.3, 0.4) is 0 Å². The third-order valence-corrected chi connectivity index (χ3v) is 35.3. The van der Waals surface area contributed by atoms with Gasteiger partial charge in [-0.25, -0.2) is 86.5 Å². The summed E-state index contributed by atoms with van der Waals surface area (Å²) in [6, 6.07) is 0. The van der Waals surface area contributed by atoms with Gasteiger partial charge < -0.3 is 18.9 Å². The summed E-state index contributed by atoms with van der Waals surface area (Å²) in [7, 11) is -54.4. The van der Waals surface area contributed by atoms with Crippen LogP contribution in [0.25, 0.3) is 0 Å². The standard InChI is InChI=1S/C15H20F6O6S2.C14H18F6O6S2.C13H16F6O6S2.C12H14F6O6S2/c1-9(2)12(22)27-11-8-6-4-3-5-7-10(11)13(28(23,24)14(16,17)18)29(25,26)15(19,20)21;1-8(2)11(21)26-10-7-5-3-4-6-9(10)12(27(22,23)13(15,16)17)28(24,25)14(18,19)20;1-7(2)10(20)25-9-6-4-3-5-8(9)11(26(21,22)12(14,15)16)27(23,24)13(17,18)19;1-6(2)9(19)24-8-5-3-4-7(8)10(25(20,21)11(13,14)15)26(22,23)12(16,17)18/h10-11,13H,1,3-8H2,2H3;9-10,12H,1,3-7H2,2H3;8-9,11H,1,3-6H2,2H3;7-8,10H,1,3-5H2,2H3. The zero-order valence-corrected chi connectivity index (χ0v) is 63.2. The molecule has 0 bridgehead atoms. The Kier molecular flexibility index (Phi) is 34.3. The first-order valence-electron chi connectivity index (χ1n) is 30.6. The van der Waals surface area contributed by atoms with Gasteiger partial charge in [0.2, 0.25) is 0 Å². The van der Waals surface area contributed by atoms with Gasteiger partial charge in [0.1, 0.15) is 24.4 Å². The maximum atomic E-state index is 13.1. The summed E-state index contributed by atoms with van der Waals surface area (Å²) in [6.07, 6.45) is -9.28. The molecular weight excluding hydrogens is 1750 g/mol. The van der Waals surface area contributed by atoms with E-state index in [0.29, 0.717) is 12.8 Å². The highest BCUT2D eigenvalue weighted by molar-refractivity contribution is 8.11. The van der Waals surface area contributed by atoms with Gasteiger partial charge in [-0.1, -0.05) is 64.8 Å². The molecule has 4 rings (SSSR count). The van der Waals surface area contributed by atoms with Crippen LogP contribution in [0.4, 0.5) is 105 Å². The fraction of sp³-hybridized carbons (Fsp3) is 0.778. The van der Waals surface area contributed by atoms with E-state index in [1.807, 2.05) is 0 Å². The Morgan fingerprint density at radius 3 is 0.509 bits per heavy atom. The number of esters is 4. The van der Waals surface area contributed by atoms with Crippen LogP contribution in [0.15, 0.2) is 48.6 Å². The van der Waals surface area contributed by atoms with Crippen LogP contribution in [-0.4, -0.2) is 178 Å². The van der Waals surface area contributed by atoms with Crippen molar-refractivity contribution in [2.24, 2.45) is 23.7 Å². The Bertz CT molecular complexity index is 4140. The Morgan fingerprint density at radius 1 is 0.236 bits per heavy atom. The molecule has 644 valence electrons. The van der Waals surface area contributed by atoms with Crippen molar-refractivity contribution in [2.45, 2.75) is 230 Å². The molecule has 4 aliphatic carbocycles. The molecule has 8 atom stereocenters. The zero-order valence-electron chi connectivity index (χ0n) is 56.6. The van der Waals surface area contributed by atoms with Gasteiger partial charge in [-0.3, -0.25) is 0 Å². The van der Waals surface area contributed by atoms with Crippen molar-refractivity contribution < 1.29 is 211 Å². The smallest absolute Gasteiger partial charge is 0.459 e. The monoisotopic (exact) mass is 1810 g/mol. The number of alkyl halides is 24. The largest absolute Gasteiger partial charge is 0.498 e. The summed E-state index contributed by atoms with van der Waals surface area (Å²) in [4.78, 5) is 46.6. The summed E-state index contributed by atoms with van der Waals surface area (Å²) < 4.78 is 504. The predicted octanol–water partition coefficient (Wildman–Crippen LogP) is 12.2. The van der Waals surface area contributed by atoms with Crippen molar-refractivity contribution >= 4 is 103 Å². The summed E-state index contributed by atoms with van der Waals surface area (Å²) in [5.74, 6) is -13.7. The van der Waals surface area contributed by atoms with Crippen LogP contribution in [0.1, 0.15) is 143 Å². The first-order chi connectivity index (χ1) is 48.8. The molecule has 4 fully saturated rings. The highest BCUT2D eigenvalue weighted by Gasteiger charge is 2.71. The molecule has 24 nitrogen and oxygen atoms in total. The minimum absolute atomic E-state index is 0.0386. The van der Waals surface area contributed by atoms with E-state index in [2.05, 4.69) is 31.1 Å². The lowest BCUT2D eigenvalue weighted by Crippen LogP contribution is -2.53. The van der Waals surface area contributed by atoms with Crippen molar-refractivity contribution in [3.63, 3.8) is 0 Å². The Balaban J connectivity index is 0.000000734. The maximum Gasteiger partial charge on any atom is 0.498 e. The second-order valence-corrected chi connectivity index (χ2v) is 42.5. The average Bonchev–Trinajstić information content (AvgIpc) is 0.967. The second kappa shape index (κ2) is 36.7. The fourth-order valence-corrected chi connectivity index (χ4v) is 27.4. The van der Waals surface area contributed by atoms with Gasteiger partial charge in [0.25, 0.3) is 78.7 Å². The quantitative estimate of drug-likeness (QED) is 0.0359. The predicted molar refractivity (Wildman–Crippen MR) is 331 cm³/mol. The molecule has 0 amide bonds. The lowest BCUT2D eigenvalue weighted by Gasteiger charge is -2.36. The van der Waals surface area contributed by atoms with Gasteiger partial charge in [-0.15, -0.1) is 0 Å². The maximum absolute atomic E-state index is 13.1.